The van der Waals surface area contributed by atoms with Gasteiger partial charge in [-0.15, -0.1) is 0 Å². The largest absolute Gasteiger partial charge is 0.493 e. The van der Waals surface area contributed by atoms with Crippen LogP contribution >= 0.6 is 0 Å². The molecule has 2 aromatic carbocycles. The van der Waals surface area contributed by atoms with Gasteiger partial charge in [-0.2, -0.15) is 0 Å². The van der Waals surface area contributed by atoms with E-state index >= 15 is 0 Å². The highest BCUT2D eigenvalue weighted by molar-refractivity contribution is 6.08. The molecule has 0 unspecified atom stereocenters. The van der Waals surface area contributed by atoms with E-state index in [0.29, 0.717) is 30.9 Å². The molecule has 1 amide bonds. The number of rotatable bonds is 9. The number of benzene rings is 2. The van der Waals surface area contributed by atoms with E-state index in [-0.39, 0.29) is 18.1 Å². The molecule has 8 nitrogen and oxygen atoms in total. The summed E-state index contributed by atoms with van der Waals surface area (Å²) in [6.07, 6.45) is 1.55. The summed E-state index contributed by atoms with van der Waals surface area (Å²) in [6.45, 7) is 4.64. The quantitative estimate of drug-likeness (QED) is 0.535. The van der Waals surface area contributed by atoms with Gasteiger partial charge in [-0.05, 0) is 31.0 Å². The summed E-state index contributed by atoms with van der Waals surface area (Å²) in [5.74, 6) is -0.0754. The Hall–Kier alpha value is -3.81. The van der Waals surface area contributed by atoms with Crippen LogP contribution in [0.4, 0.5) is 11.5 Å². The standard InChI is InChI=1S/C24H28N4O4/c1-3-5-15-27-21(25)20(22(29)26-24(27)31)28(16-17-11-7-6-8-12-17)23(30)18-13-9-10-14-19(18)32-4-2/h6-14H,3-5,15-16,25H2,1-2H3,(H,26,29,31). The Morgan fingerprint density at radius 2 is 1.75 bits per heavy atom. The summed E-state index contributed by atoms with van der Waals surface area (Å²) in [5.41, 5.74) is 6.06. The highest BCUT2D eigenvalue weighted by Gasteiger charge is 2.27. The molecule has 0 atom stereocenters. The molecule has 0 saturated heterocycles. The van der Waals surface area contributed by atoms with Crippen molar-refractivity contribution in [3.8, 4) is 5.75 Å². The van der Waals surface area contributed by atoms with E-state index in [1.54, 1.807) is 24.3 Å². The van der Waals surface area contributed by atoms with Gasteiger partial charge < -0.3 is 10.5 Å². The van der Waals surface area contributed by atoms with Crippen LogP contribution in [-0.2, 0) is 13.1 Å². The van der Waals surface area contributed by atoms with Crippen LogP contribution in [0, 0.1) is 0 Å². The molecule has 0 spiro atoms. The molecule has 32 heavy (non-hydrogen) atoms. The summed E-state index contributed by atoms with van der Waals surface area (Å²) in [5, 5.41) is 0. The van der Waals surface area contributed by atoms with E-state index in [0.717, 1.165) is 12.0 Å². The number of para-hydroxylation sites is 1. The highest BCUT2D eigenvalue weighted by atomic mass is 16.5. The normalized spacial score (nSPS) is 10.7. The third-order valence-corrected chi connectivity index (χ3v) is 5.07. The Morgan fingerprint density at radius 1 is 1.06 bits per heavy atom. The van der Waals surface area contributed by atoms with Crippen LogP contribution in [0.15, 0.2) is 64.2 Å². The van der Waals surface area contributed by atoms with Crippen molar-refractivity contribution in [1.29, 1.82) is 0 Å². The van der Waals surface area contributed by atoms with Crippen molar-refractivity contribution in [2.75, 3.05) is 17.2 Å². The molecular weight excluding hydrogens is 408 g/mol. The maximum atomic E-state index is 13.7. The number of carbonyl (C=O) groups excluding carboxylic acids is 1. The van der Waals surface area contributed by atoms with E-state index in [1.807, 2.05) is 44.2 Å². The van der Waals surface area contributed by atoms with Gasteiger partial charge in [0.15, 0.2) is 5.69 Å². The first kappa shape index (κ1) is 22.9. The van der Waals surface area contributed by atoms with E-state index in [9.17, 15) is 14.4 Å². The molecule has 168 valence electrons. The fourth-order valence-electron chi connectivity index (χ4n) is 3.46. The van der Waals surface area contributed by atoms with E-state index in [1.165, 1.54) is 9.47 Å². The third-order valence-electron chi connectivity index (χ3n) is 5.07. The maximum Gasteiger partial charge on any atom is 0.330 e. The SMILES string of the molecule is CCCCn1c(N)c(N(Cc2ccccc2)C(=O)c2ccccc2OCC)c(=O)[nH]c1=O. The summed E-state index contributed by atoms with van der Waals surface area (Å²) < 4.78 is 6.94. The first-order chi connectivity index (χ1) is 15.5. The van der Waals surface area contributed by atoms with Gasteiger partial charge in [-0.25, -0.2) is 4.79 Å². The topological polar surface area (TPSA) is 110 Å². The van der Waals surface area contributed by atoms with Crippen LogP contribution in [0.25, 0.3) is 0 Å². The van der Waals surface area contributed by atoms with Crippen molar-refractivity contribution in [3.63, 3.8) is 0 Å². The molecule has 0 fully saturated rings. The lowest BCUT2D eigenvalue weighted by Crippen LogP contribution is -2.41. The molecule has 1 heterocycles. The maximum absolute atomic E-state index is 13.7. The summed E-state index contributed by atoms with van der Waals surface area (Å²) in [7, 11) is 0. The van der Waals surface area contributed by atoms with Gasteiger partial charge in [0.25, 0.3) is 11.5 Å². The van der Waals surface area contributed by atoms with E-state index in [4.69, 9.17) is 10.5 Å². The van der Waals surface area contributed by atoms with Crippen molar-refractivity contribution in [2.24, 2.45) is 0 Å². The highest BCUT2D eigenvalue weighted by Crippen LogP contribution is 2.26. The number of unbranched alkanes of at least 4 members (excludes halogenated alkanes) is 1. The summed E-state index contributed by atoms with van der Waals surface area (Å²) >= 11 is 0. The first-order valence-corrected chi connectivity index (χ1v) is 10.7. The van der Waals surface area contributed by atoms with Crippen LogP contribution in [-0.4, -0.2) is 22.1 Å². The van der Waals surface area contributed by atoms with Gasteiger partial charge in [-0.1, -0.05) is 55.8 Å². The molecule has 1 aromatic heterocycles. The van der Waals surface area contributed by atoms with Crippen molar-refractivity contribution < 1.29 is 9.53 Å². The van der Waals surface area contributed by atoms with Gasteiger partial charge in [0.1, 0.15) is 11.6 Å². The number of hydrogen-bond acceptors (Lipinski definition) is 5. The molecule has 0 bridgehead atoms. The number of nitrogens with zero attached hydrogens (tertiary/aromatic N) is 2. The van der Waals surface area contributed by atoms with Crippen molar-refractivity contribution >= 4 is 17.4 Å². The molecule has 0 aliphatic carbocycles. The van der Waals surface area contributed by atoms with E-state index in [2.05, 4.69) is 4.98 Å². The number of nitrogens with one attached hydrogen (secondary N) is 1. The van der Waals surface area contributed by atoms with Gasteiger partial charge in [0.2, 0.25) is 0 Å². The average Bonchev–Trinajstić information content (AvgIpc) is 2.79. The smallest absolute Gasteiger partial charge is 0.330 e. The molecule has 3 rings (SSSR count). The number of ether oxygens (including phenoxy) is 1. The Labute approximate surface area is 186 Å². The van der Waals surface area contributed by atoms with Gasteiger partial charge in [0.05, 0.1) is 18.7 Å². The molecule has 0 aliphatic rings. The van der Waals surface area contributed by atoms with Gasteiger partial charge in [0, 0.05) is 6.54 Å². The zero-order valence-electron chi connectivity index (χ0n) is 18.3. The number of H-pyrrole nitrogens is 1. The van der Waals surface area contributed by atoms with Crippen LogP contribution < -0.4 is 26.6 Å². The number of nitrogens with two attached hydrogens (primary N) is 1. The molecule has 0 aliphatic heterocycles. The Kier molecular flexibility index (Phi) is 7.49. The number of amides is 1. The predicted octanol–water partition coefficient (Wildman–Crippen LogP) is 3.16. The zero-order chi connectivity index (χ0) is 23.1. The molecule has 3 N–H and O–H groups in total. The van der Waals surface area contributed by atoms with Gasteiger partial charge >= 0.3 is 5.69 Å². The monoisotopic (exact) mass is 436 g/mol. The number of nitrogen functional groups attached to an aromatic ring is 1. The second-order valence-corrected chi connectivity index (χ2v) is 7.30. The molecule has 0 radical (unpaired) electrons. The molecule has 0 saturated carbocycles. The fraction of sp³-hybridized carbons (Fsp3) is 0.292. The number of aromatic amines is 1. The molecular formula is C24H28N4O4. The lowest BCUT2D eigenvalue weighted by Gasteiger charge is -2.25. The number of hydrogen-bond donors (Lipinski definition) is 2. The van der Waals surface area contributed by atoms with Crippen LogP contribution in [0.1, 0.15) is 42.6 Å². The second-order valence-electron chi connectivity index (χ2n) is 7.30. The third kappa shape index (κ3) is 4.91. The van der Waals surface area contributed by atoms with Crippen molar-refractivity contribution in [1.82, 2.24) is 9.55 Å². The Balaban J connectivity index is 2.18. The van der Waals surface area contributed by atoms with E-state index < -0.39 is 17.2 Å². The zero-order valence-corrected chi connectivity index (χ0v) is 18.3. The minimum atomic E-state index is -0.710. The first-order valence-electron chi connectivity index (χ1n) is 10.7. The van der Waals surface area contributed by atoms with Crippen LogP contribution in [0.3, 0.4) is 0 Å². The predicted molar refractivity (Wildman–Crippen MR) is 125 cm³/mol. The van der Waals surface area contributed by atoms with Crippen LogP contribution in [0.2, 0.25) is 0 Å². The molecule has 8 heteroatoms. The van der Waals surface area contributed by atoms with Crippen molar-refractivity contribution in [3.05, 3.63) is 86.6 Å². The summed E-state index contributed by atoms with van der Waals surface area (Å²) in [4.78, 5) is 42.6. The number of anilines is 2. The summed E-state index contributed by atoms with van der Waals surface area (Å²) in [6, 6.07) is 16.1. The number of aromatic nitrogens is 2. The van der Waals surface area contributed by atoms with Gasteiger partial charge in [-0.3, -0.25) is 24.0 Å². The minimum absolute atomic E-state index is 0.0367. The molecule has 3 aromatic rings. The Bertz CT molecular complexity index is 1180. The number of carbonyl (C=O) groups is 1. The average molecular weight is 437 g/mol. The lowest BCUT2D eigenvalue weighted by atomic mass is 10.1. The van der Waals surface area contributed by atoms with Crippen LogP contribution in [0.5, 0.6) is 5.75 Å². The van der Waals surface area contributed by atoms with Crippen molar-refractivity contribution in [2.45, 2.75) is 39.8 Å². The minimum Gasteiger partial charge on any atom is -0.493 e. The fourth-order valence-corrected chi connectivity index (χ4v) is 3.46. The Morgan fingerprint density at radius 3 is 2.44 bits per heavy atom. The lowest BCUT2D eigenvalue weighted by molar-refractivity contribution is 0.0981. The second kappa shape index (κ2) is 10.5.